The highest BCUT2D eigenvalue weighted by Gasteiger charge is 2.52. The third kappa shape index (κ3) is 2.58. The number of likely N-dealkylation sites (N-methyl/N-ethyl adjacent to an activating group) is 1. The van der Waals surface area contributed by atoms with E-state index in [-0.39, 0.29) is 11.9 Å². The normalized spacial score (nSPS) is 27.4. The smallest absolute Gasteiger partial charge is 0.320 e. The SMILES string of the molecule is COC(=O)[C@@]1(c2cc3ccccc3[nH]2)COCC=C2CN(C)CC[C@@H]21. The number of rotatable bonds is 2. The molecule has 25 heavy (non-hydrogen) atoms. The predicted octanol–water partition coefficient (Wildman–Crippen LogP) is 2.49. The lowest BCUT2D eigenvalue weighted by molar-refractivity contribution is -0.153. The molecule has 1 saturated heterocycles. The lowest BCUT2D eigenvalue weighted by Gasteiger charge is -2.41. The van der Waals surface area contributed by atoms with E-state index >= 15 is 0 Å². The van der Waals surface area contributed by atoms with Crippen molar-refractivity contribution in [3.05, 3.63) is 47.7 Å². The highest BCUT2D eigenvalue weighted by molar-refractivity contribution is 5.88. The zero-order valence-electron chi connectivity index (χ0n) is 14.7. The summed E-state index contributed by atoms with van der Waals surface area (Å²) in [6.07, 6.45) is 3.06. The number of carbonyl (C=O) groups excluding carboxylic acids is 1. The minimum atomic E-state index is -0.822. The maximum Gasteiger partial charge on any atom is 0.320 e. The molecule has 1 aromatic carbocycles. The number of methoxy groups -OCH3 is 1. The van der Waals surface area contributed by atoms with Gasteiger partial charge in [-0.2, -0.15) is 0 Å². The van der Waals surface area contributed by atoms with Crippen LogP contribution < -0.4 is 0 Å². The van der Waals surface area contributed by atoms with Crippen molar-refractivity contribution in [2.45, 2.75) is 11.8 Å². The first-order valence-corrected chi connectivity index (χ1v) is 8.77. The van der Waals surface area contributed by atoms with E-state index in [2.05, 4.69) is 35.1 Å². The van der Waals surface area contributed by atoms with Gasteiger partial charge in [-0.3, -0.25) is 4.79 Å². The summed E-state index contributed by atoms with van der Waals surface area (Å²) in [5.41, 5.74) is 2.37. The van der Waals surface area contributed by atoms with E-state index in [1.54, 1.807) is 0 Å². The van der Waals surface area contributed by atoms with Crippen LogP contribution in [0, 0.1) is 5.92 Å². The number of aromatic amines is 1. The Kier molecular flexibility index (Phi) is 4.13. The Morgan fingerprint density at radius 1 is 1.40 bits per heavy atom. The molecule has 0 unspecified atom stereocenters. The van der Waals surface area contributed by atoms with E-state index in [4.69, 9.17) is 9.47 Å². The van der Waals surface area contributed by atoms with Gasteiger partial charge in [-0.15, -0.1) is 0 Å². The van der Waals surface area contributed by atoms with Gasteiger partial charge in [0.1, 0.15) is 5.41 Å². The van der Waals surface area contributed by atoms with Crippen LogP contribution in [0.2, 0.25) is 0 Å². The van der Waals surface area contributed by atoms with Crippen molar-refractivity contribution < 1.29 is 14.3 Å². The van der Waals surface area contributed by atoms with E-state index in [9.17, 15) is 4.79 Å². The van der Waals surface area contributed by atoms with Gasteiger partial charge in [-0.1, -0.05) is 29.8 Å². The molecule has 0 saturated carbocycles. The lowest BCUT2D eigenvalue weighted by Crippen LogP contribution is -2.51. The minimum Gasteiger partial charge on any atom is -0.468 e. The second kappa shape index (κ2) is 6.32. The van der Waals surface area contributed by atoms with Gasteiger partial charge in [-0.25, -0.2) is 0 Å². The van der Waals surface area contributed by atoms with Gasteiger partial charge in [-0.05, 0) is 37.5 Å². The fourth-order valence-electron chi connectivity index (χ4n) is 4.36. The number of H-pyrrole nitrogens is 1. The van der Waals surface area contributed by atoms with Gasteiger partial charge in [0.05, 0.1) is 20.3 Å². The summed E-state index contributed by atoms with van der Waals surface area (Å²) in [6, 6.07) is 10.2. The van der Waals surface area contributed by atoms with Gasteiger partial charge < -0.3 is 19.4 Å². The van der Waals surface area contributed by atoms with Crippen molar-refractivity contribution in [2.75, 3.05) is 40.5 Å². The molecule has 3 heterocycles. The van der Waals surface area contributed by atoms with E-state index in [0.29, 0.717) is 13.2 Å². The summed E-state index contributed by atoms with van der Waals surface area (Å²) in [6.45, 7) is 2.70. The number of hydrogen-bond acceptors (Lipinski definition) is 4. The van der Waals surface area contributed by atoms with Crippen LogP contribution in [0.1, 0.15) is 12.1 Å². The number of piperidine rings is 1. The van der Waals surface area contributed by atoms with Gasteiger partial charge in [0.25, 0.3) is 0 Å². The number of carbonyl (C=O) groups is 1. The van der Waals surface area contributed by atoms with Gasteiger partial charge in [0.15, 0.2) is 0 Å². The lowest BCUT2D eigenvalue weighted by atomic mass is 9.67. The fourth-order valence-corrected chi connectivity index (χ4v) is 4.36. The molecule has 0 aliphatic carbocycles. The number of nitrogens with zero attached hydrogens (tertiary/aromatic N) is 1. The number of fused-ring (bicyclic) bond motifs is 2. The van der Waals surface area contributed by atoms with Crippen LogP contribution in [0.5, 0.6) is 0 Å². The molecule has 2 aromatic rings. The molecule has 1 fully saturated rings. The summed E-state index contributed by atoms with van der Waals surface area (Å²) >= 11 is 0. The maximum absolute atomic E-state index is 13.1. The van der Waals surface area contributed by atoms with Gasteiger partial charge in [0, 0.05) is 23.7 Å². The van der Waals surface area contributed by atoms with Crippen LogP contribution in [0.15, 0.2) is 42.0 Å². The molecule has 4 rings (SSSR count). The Hall–Kier alpha value is -2.11. The molecule has 2 aliphatic rings. The number of ether oxygens (including phenoxy) is 2. The summed E-state index contributed by atoms with van der Waals surface area (Å²) in [7, 11) is 3.58. The number of para-hydroxylation sites is 1. The van der Waals surface area contributed by atoms with Crippen molar-refractivity contribution in [3.8, 4) is 0 Å². The molecule has 2 atom stereocenters. The van der Waals surface area contributed by atoms with Crippen molar-refractivity contribution in [3.63, 3.8) is 0 Å². The fraction of sp³-hybridized carbons (Fsp3) is 0.450. The standard InChI is InChI=1S/C20H24N2O3/c1-22-9-7-16-15(12-22)8-10-25-13-20(16,19(23)24-2)18-11-14-5-3-4-6-17(14)21-18/h3-6,8,11,16,21H,7,9-10,12-13H2,1-2H3/t16-,20-/m0/s1. The van der Waals surface area contributed by atoms with Crippen molar-refractivity contribution in [1.82, 2.24) is 9.88 Å². The number of aromatic nitrogens is 1. The topological polar surface area (TPSA) is 54.6 Å². The molecule has 5 nitrogen and oxygen atoms in total. The van der Waals surface area contributed by atoms with Gasteiger partial charge in [0.2, 0.25) is 0 Å². The maximum atomic E-state index is 13.1. The second-order valence-corrected chi connectivity index (χ2v) is 7.11. The average Bonchev–Trinajstić information content (AvgIpc) is 2.97. The molecule has 132 valence electrons. The van der Waals surface area contributed by atoms with Crippen LogP contribution in [0.25, 0.3) is 10.9 Å². The summed E-state index contributed by atoms with van der Waals surface area (Å²) in [4.78, 5) is 18.9. The summed E-state index contributed by atoms with van der Waals surface area (Å²) < 4.78 is 11.2. The Balaban J connectivity index is 1.89. The Morgan fingerprint density at radius 2 is 2.24 bits per heavy atom. The first kappa shape index (κ1) is 16.4. The van der Waals surface area contributed by atoms with Crippen LogP contribution in [-0.4, -0.2) is 56.3 Å². The number of likely N-dealkylation sites (tertiary alicyclic amines) is 1. The molecule has 0 spiro atoms. The molecule has 0 bridgehead atoms. The predicted molar refractivity (Wildman–Crippen MR) is 96.5 cm³/mol. The highest BCUT2D eigenvalue weighted by atomic mass is 16.5. The quantitative estimate of drug-likeness (QED) is 0.674. The number of benzene rings is 1. The van der Waals surface area contributed by atoms with Crippen LogP contribution in [0.4, 0.5) is 0 Å². The molecular weight excluding hydrogens is 316 g/mol. The molecule has 1 N–H and O–H groups in total. The highest BCUT2D eigenvalue weighted by Crippen LogP contribution is 2.44. The molecule has 0 amide bonds. The van der Waals surface area contributed by atoms with Crippen molar-refractivity contribution >= 4 is 16.9 Å². The van der Waals surface area contributed by atoms with E-state index in [1.165, 1.54) is 12.7 Å². The third-order valence-corrected chi connectivity index (χ3v) is 5.65. The zero-order valence-corrected chi connectivity index (χ0v) is 14.7. The van der Waals surface area contributed by atoms with Crippen LogP contribution in [0.3, 0.4) is 0 Å². The van der Waals surface area contributed by atoms with Crippen LogP contribution >= 0.6 is 0 Å². The van der Waals surface area contributed by atoms with E-state index in [0.717, 1.165) is 36.1 Å². The summed E-state index contributed by atoms with van der Waals surface area (Å²) in [5, 5.41) is 1.10. The largest absolute Gasteiger partial charge is 0.468 e. The molecule has 5 heteroatoms. The minimum absolute atomic E-state index is 0.0895. The first-order valence-electron chi connectivity index (χ1n) is 8.77. The van der Waals surface area contributed by atoms with E-state index < -0.39 is 5.41 Å². The molecular formula is C20H24N2O3. The Bertz CT molecular complexity index is 792. The number of hydrogen-bond donors (Lipinski definition) is 1. The Labute approximate surface area is 147 Å². The average molecular weight is 340 g/mol. The van der Waals surface area contributed by atoms with Crippen LogP contribution in [-0.2, 0) is 19.7 Å². The molecule has 1 aromatic heterocycles. The first-order chi connectivity index (χ1) is 12.1. The molecule has 2 aliphatic heterocycles. The van der Waals surface area contributed by atoms with Gasteiger partial charge >= 0.3 is 5.97 Å². The Morgan fingerprint density at radius 3 is 3.04 bits per heavy atom. The monoisotopic (exact) mass is 340 g/mol. The number of nitrogens with one attached hydrogen (secondary N) is 1. The van der Waals surface area contributed by atoms with Crippen molar-refractivity contribution in [1.29, 1.82) is 0 Å². The second-order valence-electron chi connectivity index (χ2n) is 7.11. The zero-order chi connectivity index (χ0) is 17.4. The molecule has 0 radical (unpaired) electrons. The summed E-state index contributed by atoms with van der Waals surface area (Å²) in [5.74, 6) is -0.131. The third-order valence-electron chi connectivity index (χ3n) is 5.65. The van der Waals surface area contributed by atoms with E-state index in [1.807, 2.05) is 18.2 Å². The van der Waals surface area contributed by atoms with Crippen molar-refractivity contribution in [2.24, 2.45) is 5.92 Å². The number of esters is 1.